The van der Waals surface area contributed by atoms with Crippen molar-refractivity contribution in [1.29, 1.82) is 0 Å². The van der Waals surface area contributed by atoms with E-state index in [4.69, 9.17) is 21.1 Å². The maximum absolute atomic E-state index is 13.1. The number of amides is 1. The van der Waals surface area contributed by atoms with E-state index in [0.29, 0.717) is 35.4 Å². The monoisotopic (exact) mass is 354 g/mol. The largest absolute Gasteiger partial charge is 0.486 e. The first kappa shape index (κ1) is 16.3. The topological polar surface area (TPSA) is 59.6 Å². The number of benzene rings is 2. The number of hydrogen-bond acceptors (Lipinski definition) is 4. The number of ether oxygens (including phenoxy) is 2. The van der Waals surface area contributed by atoms with Crippen molar-refractivity contribution in [2.75, 3.05) is 30.4 Å². The summed E-state index contributed by atoms with van der Waals surface area (Å²) in [4.78, 5) is 11.9. The Balaban J connectivity index is 1.64. The molecule has 0 unspecified atom stereocenters. The van der Waals surface area contributed by atoms with Crippen LogP contribution in [0, 0.1) is 11.6 Å². The molecule has 0 bridgehead atoms. The first-order valence-electron chi connectivity index (χ1n) is 7.10. The number of rotatable bonds is 4. The maximum atomic E-state index is 13.1. The molecule has 1 aliphatic rings. The summed E-state index contributed by atoms with van der Waals surface area (Å²) >= 11 is 6.12. The van der Waals surface area contributed by atoms with E-state index in [-0.39, 0.29) is 12.2 Å². The van der Waals surface area contributed by atoms with E-state index in [0.717, 1.165) is 18.2 Å². The van der Waals surface area contributed by atoms with Crippen LogP contribution < -0.4 is 20.1 Å². The van der Waals surface area contributed by atoms with Gasteiger partial charge in [0.1, 0.15) is 24.8 Å². The van der Waals surface area contributed by atoms with Gasteiger partial charge in [-0.3, -0.25) is 4.79 Å². The first-order chi connectivity index (χ1) is 11.5. The molecule has 2 aromatic rings. The first-order valence-corrected chi connectivity index (χ1v) is 7.48. The molecule has 0 atom stereocenters. The van der Waals surface area contributed by atoms with Crippen molar-refractivity contribution in [2.24, 2.45) is 0 Å². The number of nitrogens with one attached hydrogen (secondary N) is 2. The molecule has 0 saturated heterocycles. The van der Waals surface area contributed by atoms with Gasteiger partial charge < -0.3 is 20.1 Å². The Morgan fingerprint density at radius 3 is 2.33 bits per heavy atom. The molecule has 0 fully saturated rings. The highest BCUT2D eigenvalue weighted by molar-refractivity contribution is 6.33. The summed E-state index contributed by atoms with van der Waals surface area (Å²) in [5.41, 5.74) is 0.522. The fourth-order valence-corrected chi connectivity index (χ4v) is 2.43. The van der Waals surface area contributed by atoms with Crippen LogP contribution in [0.15, 0.2) is 30.3 Å². The molecular formula is C16H13ClF2N2O3. The highest BCUT2D eigenvalue weighted by Gasteiger charge is 2.15. The molecule has 1 heterocycles. The van der Waals surface area contributed by atoms with E-state index in [1.54, 1.807) is 12.1 Å². The van der Waals surface area contributed by atoms with Gasteiger partial charge in [0, 0.05) is 23.9 Å². The fraction of sp³-hybridized carbons (Fsp3) is 0.188. The Labute approximate surface area is 141 Å². The minimum atomic E-state index is -0.770. The van der Waals surface area contributed by atoms with Gasteiger partial charge in [0.15, 0.2) is 11.5 Å². The van der Waals surface area contributed by atoms with Crippen LogP contribution in [0.25, 0.3) is 0 Å². The molecule has 5 nitrogen and oxygen atoms in total. The zero-order valence-corrected chi connectivity index (χ0v) is 13.1. The molecule has 1 aliphatic heterocycles. The van der Waals surface area contributed by atoms with Crippen molar-refractivity contribution in [3.8, 4) is 11.5 Å². The standard InChI is InChI=1S/C16H13ClF2N2O3/c17-12-6-14-15(24-2-1-23-14)7-13(12)20-8-16(22)21-11-4-9(18)3-10(19)5-11/h3-7,20H,1-2,8H2,(H,21,22). The predicted octanol–water partition coefficient (Wildman–Crippen LogP) is 3.44. The summed E-state index contributed by atoms with van der Waals surface area (Å²) in [6.45, 7) is 0.736. The van der Waals surface area contributed by atoms with Crippen LogP contribution in [0.2, 0.25) is 5.02 Å². The van der Waals surface area contributed by atoms with Gasteiger partial charge in [-0.1, -0.05) is 11.6 Å². The molecule has 2 aromatic carbocycles. The van der Waals surface area contributed by atoms with Crippen LogP contribution in [-0.4, -0.2) is 25.7 Å². The molecule has 0 saturated carbocycles. The van der Waals surface area contributed by atoms with E-state index >= 15 is 0 Å². The van der Waals surface area contributed by atoms with Gasteiger partial charge in [0.05, 0.1) is 17.3 Å². The van der Waals surface area contributed by atoms with Crippen molar-refractivity contribution >= 4 is 28.9 Å². The number of carbonyl (C=O) groups excluding carboxylic acids is 1. The molecule has 126 valence electrons. The average Bonchev–Trinajstić information content (AvgIpc) is 2.52. The van der Waals surface area contributed by atoms with Gasteiger partial charge >= 0.3 is 0 Å². The van der Waals surface area contributed by atoms with Crippen molar-refractivity contribution in [3.63, 3.8) is 0 Å². The van der Waals surface area contributed by atoms with Gasteiger partial charge in [-0.25, -0.2) is 8.78 Å². The van der Waals surface area contributed by atoms with Crippen LogP contribution in [0.4, 0.5) is 20.2 Å². The Morgan fingerprint density at radius 1 is 1.04 bits per heavy atom. The molecule has 0 radical (unpaired) electrons. The summed E-state index contributed by atoms with van der Waals surface area (Å²) in [6.07, 6.45) is 0. The number of anilines is 2. The quantitative estimate of drug-likeness (QED) is 0.883. The summed E-state index contributed by atoms with van der Waals surface area (Å²) in [5, 5.41) is 5.61. The molecule has 0 spiro atoms. The van der Waals surface area contributed by atoms with Crippen molar-refractivity contribution in [2.45, 2.75) is 0 Å². The number of hydrogen-bond donors (Lipinski definition) is 2. The van der Waals surface area contributed by atoms with E-state index in [9.17, 15) is 13.6 Å². The van der Waals surface area contributed by atoms with E-state index in [1.165, 1.54) is 0 Å². The van der Waals surface area contributed by atoms with Crippen LogP contribution in [-0.2, 0) is 4.79 Å². The Bertz CT molecular complexity index is 766. The lowest BCUT2D eigenvalue weighted by Crippen LogP contribution is -2.22. The Hall–Kier alpha value is -2.54. The van der Waals surface area contributed by atoms with E-state index < -0.39 is 17.5 Å². The van der Waals surface area contributed by atoms with Crippen molar-refractivity contribution in [3.05, 3.63) is 47.0 Å². The lowest BCUT2D eigenvalue weighted by atomic mass is 10.2. The van der Waals surface area contributed by atoms with Crippen LogP contribution in [0.3, 0.4) is 0 Å². The molecular weight excluding hydrogens is 342 g/mol. The van der Waals surface area contributed by atoms with E-state index in [1.807, 2.05) is 0 Å². The smallest absolute Gasteiger partial charge is 0.243 e. The highest BCUT2D eigenvalue weighted by Crippen LogP contribution is 2.37. The van der Waals surface area contributed by atoms with Gasteiger partial charge in [-0.2, -0.15) is 0 Å². The van der Waals surface area contributed by atoms with Gasteiger partial charge in [-0.15, -0.1) is 0 Å². The van der Waals surface area contributed by atoms with Crippen LogP contribution >= 0.6 is 11.6 Å². The van der Waals surface area contributed by atoms with Crippen LogP contribution in [0.1, 0.15) is 0 Å². The summed E-state index contributed by atoms with van der Waals surface area (Å²) in [6, 6.07) is 6.00. The molecule has 3 rings (SSSR count). The molecule has 0 aromatic heterocycles. The molecule has 0 aliphatic carbocycles. The average molecular weight is 355 g/mol. The van der Waals surface area contributed by atoms with Crippen molar-refractivity contribution in [1.82, 2.24) is 0 Å². The Morgan fingerprint density at radius 2 is 1.67 bits per heavy atom. The second-order valence-electron chi connectivity index (χ2n) is 5.04. The Kier molecular flexibility index (Phi) is 4.71. The summed E-state index contributed by atoms with van der Waals surface area (Å²) < 4.78 is 37.0. The third kappa shape index (κ3) is 3.86. The molecule has 2 N–H and O–H groups in total. The fourth-order valence-electron chi connectivity index (χ4n) is 2.21. The van der Waals surface area contributed by atoms with Gasteiger partial charge in [0.25, 0.3) is 0 Å². The number of fused-ring (bicyclic) bond motifs is 1. The van der Waals surface area contributed by atoms with Gasteiger partial charge in [0.2, 0.25) is 5.91 Å². The second-order valence-corrected chi connectivity index (χ2v) is 5.44. The predicted molar refractivity (Wildman–Crippen MR) is 85.9 cm³/mol. The SMILES string of the molecule is O=C(CNc1cc2c(cc1Cl)OCCO2)Nc1cc(F)cc(F)c1. The minimum absolute atomic E-state index is 0.0348. The lowest BCUT2D eigenvalue weighted by Gasteiger charge is -2.20. The van der Waals surface area contributed by atoms with Gasteiger partial charge in [-0.05, 0) is 12.1 Å². The molecule has 8 heteroatoms. The minimum Gasteiger partial charge on any atom is -0.486 e. The molecule has 24 heavy (non-hydrogen) atoms. The van der Waals surface area contributed by atoms with Crippen LogP contribution in [0.5, 0.6) is 11.5 Å². The normalized spacial score (nSPS) is 12.6. The third-order valence-electron chi connectivity index (χ3n) is 3.22. The highest BCUT2D eigenvalue weighted by atomic mass is 35.5. The zero-order chi connectivity index (χ0) is 17.1. The zero-order valence-electron chi connectivity index (χ0n) is 12.4. The maximum Gasteiger partial charge on any atom is 0.243 e. The lowest BCUT2D eigenvalue weighted by molar-refractivity contribution is -0.114. The molecule has 1 amide bonds. The number of carbonyl (C=O) groups is 1. The summed E-state index contributed by atoms with van der Waals surface area (Å²) in [5.74, 6) is -0.954. The van der Waals surface area contributed by atoms with Crippen molar-refractivity contribution < 1.29 is 23.0 Å². The summed E-state index contributed by atoms with van der Waals surface area (Å²) in [7, 11) is 0. The third-order valence-corrected chi connectivity index (χ3v) is 3.53. The second kappa shape index (κ2) is 6.92. The number of halogens is 3. The van der Waals surface area contributed by atoms with E-state index in [2.05, 4.69) is 10.6 Å².